The maximum absolute atomic E-state index is 2.52. The van der Waals surface area contributed by atoms with Crippen LogP contribution in [0.1, 0.15) is 12.8 Å². The van der Waals surface area contributed by atoms with Gasteiger partial charge in [-0.25, -0.2) is 0 Å². The average molecular weight is 799 g/mol. The molecule has 11 aromatic rings. The van der Waals surface area contributed by atoms with Crippen molar-refractivity contribution in [2.24, 2.45) is 0 Å². The Kier molecular flexibility index (Phi) is 8.47. The van der Waals surface area contributed by atoms with Crippen LogP contribution in [0.4, 0.5) is 0 Å². The molecule has 0 saturated heterocycles. The summed E-state index contributed by atoms with van der Waals surface area (Å²) in [4.78, 5) is 2.64. The molecule has 0 nitrogen and oxygen atoms in total. The Morgan fingerprint density at radius 3 is 1.03 bits per heavy atom. The van der Waals surface area contributed by atoms with Crippen molar-refractivity contribution in [1.82, 2.24) is 0 Å². The fourth-order valence-corrected chi connectivity index (χ4v) is 12.5. The number of hydrogen-bond acceptors (Lipinski definition) is 2. The molecule has 0 unspecified atom stereocenters. The smallest absolute Gasteiger partial charge is 0.0446 e. The highest BCUT2D eigenvalue weighted by Crippen LogP contribution is 2.55. The highest BCUT2D eigenvalue weighted by Gasteiger charge is 2.27. The van der Waals surface area contributed by atoms with Crippen LogP contribution in [-0.4, -0.2) is 0 Å². The van der Waals surface area contributed by atoms with Crippen LogP contribution in [0, 0.1) is 0 Å². The van der Waals surface area contributed by atoms with Gasteiger partial charge in [-0.15, -0.1) is 22.7 Å². The fourth-order valence-electron chi connectivity index (χ4n) is 9.64. The molecule has 0 atom stereocenters. The van der Waals surface area contributed by atoms with E-state index in [9.17, 15) is 0 Å². The van der Waals surface area contributed by atoms with Crippen molar-refractivity contribution in [2.75, 3.05) is 0 Å². The van der Waals surface area contributed by atoms with Gasteiger partial charge in [0.25, 0.3) is 0 Å². The molecule has 60 heavy (non-hydrogen) atoms. The number of hydrogen-bond donors (Lipinski definition) is 0. The topological polar surface area (TPSA) is 0 Å². The van der Waals surface area contributed by atoms with Crippen molar-refractivity contribution < 1.29 is 0 Å². The average Bonchev–Trinajstić information content (AvgIpc) is 3.90. The van der Waals surface area contributed by atoms with Gasteiger partial charge >= 0.3 is 0 Å². The molecular formula is C58H38S2. The minimum absolute atomic E-state index is 1.06. The van der Waals surface area contributed by atoms with E-state index >= 15 is 0 Å². The normalized spacial score (nSPS) is 12.5. The van der Waals surface area contributed by atoms with Crippen molar-refractivity contribution in [2.45, 2.75) is 12.8 Å². The zero-order valence-corrected chi connectivity index (χ0v) is 34.5. The lowest BCUT2D eigenvalue weighted by atomic mass is 9.85. The summed E-state index contributed by atoms with van der Waals surface area (Å²) in [6.45, 7) is 0. The van der Waals surface area contributed by atoms with Crippen LogP contribution in [0.5, 0.6) is 0 Å². The van der Waals surface area contributed by atoms with E-state index in [1.165, 1.54) is 118 Å². The van der Waals surface area contributed by atoms with Crippen LogP contribution in [0.25, 0.3) is 119 Å². The van der Waals surface area contributed by atoms with Crippen LogP contribution in [0.15, 0.2) is 194 Å². The molecule has 9 aromatic carbocycles. The Bertz CT molecular complexity index is 3320. The van der Waals surface area contributed by atoms with Crippen LogP contribution >= 0.6 is 22.7 Å². The highest BCUT2D eigenvalue weighted by atomic mass is 32.1. The van der Waals surface area contributed by atoms with Gasteiger partial charge in [0, 0.05) is 52.2 Å². The molecule has 1 aliphatic rings. The molecule has 0 saturated carbocycles. The summed E-state index contributed by atoms with van der Waals surface area (Å²) in [5, 5.41) is 10.4. The quantitative estimate of drug-likeness (QED) is 0.147. The second-order valence-corrected chi connectivity index (χ2v) is 17.8. The second-order valence-electron chi connectivity index (χ2n) is 15.7. The predicted molar refractivity (Wildman–Crippen MR) is 262 cm³/mol. The lowest BCUT2D eigenvalue weighted by Gasteiger charge is -2.19. The number of rotatable bonds is 6. The molecule has 282 valence electrons. The van der Waals surface area contributed by atoms with Gasteiger partial charge in [0.1, 0.15) is 0 Å². The summed E-state index contributed by atoms with van der Waals surface area (Å²) in [6, 6.07) is 71.9. The third-order valence-corrected chi connectivity index (χ3v) is 14.8. The van der Waals surface area contributed by atoms with Crippen molar-refractivity contribution >= 4 is 76.5 Å². The SMILES string of the molecule is C1=c2cc3c(-c4sc5c(-c6ccccc6)cccc5c4-c4ccccc4)c4ccccc4c(-c4sc5c(-c6ccccc6)cccc5c4-c4ccccc4)c3cc2=CCC1. The van der Waals surface area contributed by atoms with Crippen LogP contribution < -0.4 is 10.4 Å². The fraction of sp³-hybridized carbons (Fsp3) is 0.0345. The summed E-state index contributed by atoms with van der Waals surface area (Å²) in [5.41, 5.74) is 12.8. The predicted octanol–water partition coefficient (Wildman–Crippen LogP) is 15.8. The molecule has 0 aliphatic heterocycles. The molecule has 0 fully saturated rings. The Morgan fingerprint density at radius 2 is 0.633 bits per heavy atom. The second kappa shape index (κ2) is 14.5. The number of fused-ring (bicyclic) bond motifs is 5. The van der Waals surface area contributed by atoms with Crippen molar-refractivity contribution in [3.63, 3.8) is 0 Å². The molecule has 0 radical (unpaired) electrons. The maximum atomic E-state index is 2.52. The van der Waals surface area contributed by atoms with E-state index < -0.39 is 0 Å². The van der Waals surface area contributed by atoms with Gasteiger partial charge in [0.2, 0.25) is 0 Å². The van der Waals surface area contributed by atoms with Gasteiger partial charge < -0.3 is 0 Å². The Hall–Kier alpha value is -6.84. The molecule has 2 heterocycles. The van der Waals surface area contributed by atoms with Crippen molar-refractivity contribution in [1.29, 1.82) is 0 Å². The van der Waals surface area contributed by atoms with E-state index in [1.807, 2.05) is 22.7 Å². The van der Waals surface area contributed by atoms with E-state index in [2.05, 4.69) is 206 Å². The Balaban J connectivity index is 1.26. The molecule has 0 N–H and O–H groups in total. The molecule has 2 heteroatoms. The zero-order chi connectivity index (χ0) is 39.6. The zero-order valence-electron chi connectivity index (χ0n) is 32.9. The summed E-state index contributed by atoms with van der Waals surface area (Å²) in [6.07, 6.45) is 7.02. The summed E-state index contributed by atoms with van der Waals surface area (Å²) < 4.78 is 2.64. The first-order valence-electron chi connectivity index (χ1n) is 20.8. The Labute approximate surface area is 357 Å². The van der Waals surface area contributed by atoms with Gasteiger partial charge in [0.05, 0.1) is 0 Å². The lowest BCUT2D eigenvalue weighted by molar-refractivity contribution is 1.12. The molecule has 2 aromatic heterocycles. The summed E-state index contributed by atoms with van der Waals surface area (Å²) in [5.74, 6) is 0. The van der Waals surface area contributed by atoms with Crippen LogP contribution in [-0.2, 0) is 0 Å². The van der Waals surface area contributed by atoms with Crippen LogP contribution in [0.3, 0.4) is 0 Å². The van der Waals surface area contributed by atoms with Gasteiger partial charge in [-0.3, -0.25) is 0 Å². The summed E-state index contributed by atoms with van der Waals surface area (Å²) >= 11 is 3.90. The first-order valence-corrected chi connectivity index (χ1v) is 22.5. The third-order valence-electron chi connectivity index (χ3n) is 12.3. The first-order chi connectivity index (χ1) is 29.8. The Morgan fingerprint density at radius 1 is 0.283 bits per heavy atom. The highest BCUT2D eigenvalue weighted by molar-refractivity contribution is 7.24. The standard InChI is InChI=1S/C58H38S2/c1-5-19-37(20-6-1)43-31-17-33-47-51(39-23-9-3-10-24-39)57(59-55(43)47)53-45-29-15-16-30-46(45)54(50-36-42-28-14-13-27-41(42)35-49(50)53)58-52(40-25-11-4-12-26-40)48-34-18-32-44(56(48)60-58)38-21-7-2-8-22-38/h1-12,15-36H,13-14H2. The van der Waals surface area contributed by atoms with Gasteiger partial charge in [-0.05, 0) is 90.3 Å². The van der Waals surface area contributed by atoms with Crippen molar-refractivity contribution in [3.8, 4) is 65.4 Å². The molecule has 0 bridgehead atoms. The monoisotopic (exact) mass is 798 g/mol. The van der Waals surface area contributed by atoms with E-state index in [-0.39, 0.29) is 0 Å². The van der Waals surface area contributed by atoms with E-state index in [1.54, 1.807) is 0 Å². The van der Waals surface area contributed by atoms with E-state index in [4.69, 9.17) is 0 Å². The van der Waals surface area contributed by atoms with E-state index in [0.717, 1.165) is 12.8 Å². The number of thiophene rings is 2. The van der Waals surface area contributed by atoms with E-state index in [0.29, 0.717) is 0 Å². The van der Waals surface area contributed by atoms with Gasteiger partial charge in [-0.1, -0.05) is 194 Å². The molecular weight excluding hydrogens is 761 g/mol. The largest absolute Gasteiger partial charge is 0.134 e. The maximum Gasteiger partial charge on any atom is 0.0446 e. The molecule has 0 spiro atoms. The lowest BCUT2D eigenvalue weighted by Crippen LogP contribution is -2.26. The van der Waals surface area contributed by atoms with Gasteiger partial charge in [0.15, 0.2) is 0 Å². The molecule has 12 rings (SSSR count). The number of benzene rings is 9. The molecule has 0 amide bonds. The third kappa shape index (κ3) is 5.63. The van der Waals surface area contributed by atoms with Crippen LogP contribution in [0.2, 0.25) is 0 Å². The van der Waals surface area contributed by atoms with Crippen molar-refractivity contribution in [3.05, 3.63) is 205 Å². The minimum Gasteiger partial charge on any atom is -0.134 e. The summed E-state index contributed by atoms with van der Waals surface area (Å²) in [7, 11) is 0. The first kappa shape index (κ1) is 35.1. The van der Waals surface area contributed by atoms with Gasteiger partial charge in [-0.2, -0.15) is 0 Å². The molecule has 1 aliphatic carbocycles. The minimum atomic E-state index is 1.06.